The van der Waals surface area contributed by atoms with Gasteiger partial charge in [0.25, 0.3) is 0 Å². The van der Waals surface area contributed by atoms with Gasteiger partial charge in [-0.15, -0.1) is 23.1 Å². The van der Waals surface area contributed by atoms with Crippen molar-refractivity contribution in [1.29, 1.82) is 0 Å². The average molecular weight is 335 g/mol. The van der Waals surface area contributed by atoms with Crippen LogP contribution in [0.5, 0.6) is 0 Å². The first-order valence-electron chi connectivity index (χ1n) is 7.23. The monoisotopic (exact) mass is 334 g/mol. The molecule has 2 rings (SSSR count). The molecular formula is C17H22N2OS2. The maximum absolute atomic E-state index is 12.1. The fourth-order valence-corrected chi connectivity index (χ4v) is 3.92. The number of rotatable bonds is 7. The fraction of sp³-hybridized carbons (Fsp3) is 0.353. The van der Waals surface area contributed by atoms with Crippen molar-refractivity contribution in [3.63, 3.8) is 0 Å². The number of nitrogens with zero attached hydrogens (tertiary/aromatic N) is 1. The van der Waals surface area contributed by atoms with Gasteiger partial charge in [-0.05, 0) is 44.1 Å². The number of nitrogens with one attached hydrogen (secondary N) is 1. The van der Waals surface area contributed by atoms with Gasteiger partial charge in [0.1, 0.15) is 0 Å². The minimum atomic E-state index is 0.0802. The third-order valence-corrected chi connectivity index (χ3v) is 5.59. The standard InChI is InChI=1S/C17H22N2OS2/c1-13-7-4-5-8-15(13)22-12-17(20)18-11-14(19(2)3)16-9-6-10-21-16/h4-10,14H,11-12H2,1-3H3,(H,18,20). The molecule has 1 aromatic carbocycles. The number of hydrogen-bond donors (Lipinski definition) is 1. The minimum absolute atomic E-state index is 0.0802. The van der Waals surface area contributed by atoms with E-state index in [1.807, 2.05) is 32.3 Å². The highest BCUT2D eigenvalue weighted by atomic mass is 32.2. The Morgan fingerprint density at radius 3 is 2.68 bits per heavy atom. The third-order valence-electron chi connectivity index (χ3n) is 3.44. The molecule has 1 amide bonds. The number of hydrogen-bond acceptors (Lipinski definition) is 4. The van der Waals surface area contributed by atoms with E-state index in [0.717, 1.165) is 0 Å². The molecule has 1 unspecified atom stereocenters. The minimum Gasteiger partial charge on any atom is -0.353 e. The van der Waals surface area contributed by atoms with Crippen molar-refractivity contribution in [1.82, 2.24) is 10.2 Å². The molecule has 0 saturated heterocycles. The summed E-state index contributed by atoms with van der Waals surface area (Å²) >= 11 is 3.31. The molecule has 1 N–H and O–H groups in total. The zero-order chi connectivity index (χ0) is 15.9. The van der Waals surface area contributed by atoms with Gasteiger partial charge < -0.3 is 10.2 Å². The van der Waals surface area contributed by atoms with E-state index in [2.05, 4.69) is 40.7 Å². The first-order valence-corrected chi connectivity index (χ1v) is 9.09. The summed E-state index contributed by atoms with van der Waals surface area (Å²) in [6, 6.07) is 12.5. The van der Waals surface area contributed by atoms with Gasteiger partial charge in [-0.2, -0.15) is 0 Å². The van der Waals surface area contributed by atoms with Crippen molar-refractivity contribution in [3.8, 4) is 0 Å². The van der Waals surface area contributed by atoms with Crippen molar-refractivity contribution in [2.75, 3.05) is 26.4 Å². The summed E-state index contributed by atoms with van der Waals surface area (Å²) in [7, 11) is 4.08. The van der Waals surface area contributed by atoms with Gasteiger partial charge >= 0.3 is 0 Å². The van der Waals surface area contributed by atoms with E-state index >= 15 is 0 Å². The number of aryl methyl sites for hydroxylation is 1. The normalized spacial score (nSPS) is 12.4. The molecule has 0 bridgehead atoms. The summed E-state index contributed by atoms with van der Waals surface area (Å²) in [4.78, 5) is 16.7. The first kappa shape index (κ1) is 17.1. The summed E-state index contributed by atoms with van der Waals surface area (Å²) in [5.41, 5.74) is 1.21. The van der Waals surface area contributed by atoms with Crippen molar-refractivity contribution in [2.45, 2.75) is 17.9 Å². The lowest BCUT2D eigenvalue weighted by molar-refractivity contribution is -0.118. The Bertz CT molecular complexity index is 596. The molecule has 0 radical (unpaired) electrons. The van der Waals surface area contributed by atoms with E-state index in [1.54, 1.807) is 23.1 Å². The van der Waals surface area contributed by atoms with Crippen LogP contribution in [-0.4, -0.2) is 37.2 Å². The molecular weight excluding hydrogens is 312 g/mol. The second-order valence-corrected chi connectivity index (χ2v) is 7.35. The SMILES string of the molecule is Cc1ccccc1SCC(=O)NCC(c1cccs1)N(C)C. The molecule has 1 aromatic heterocycles. The van der Waals surface area contributed by atoms with Crippen LogP contribution < -0.4 is 5.32 Å². The Balaban J connectivity index is 1.83. The lowest BCUT2D eigenvalue weighted by Gasteiger charge is -2.23. The Labute approximate surface area is 140 Å². The molecule has 0 spiro atoms. The third kappa shape index (κ3) is 4.87. The molecule has 1 heterocycles. The molecule has 2 aromatic rings. The van der Waals surface area contributed by atoms with Crippen LogP contribution in [0.1, 0.15) is 16.5 Å². The molecule has 22 heavy (non-hydrogen) atoms. The van der Waals surface area contributed by atoms with Crippen LogP contribution in [0.3, 0.4) is 0 Å². The summed E-state index contributed by atoms with van der Waals surface area (Å²) in [5.74, 6) is 0.534. The Hall–Kier alpha value is -1.30. The molecule has 1 atom stereocenters. The summed E-state index contributed by atoms with van der Waals surface area (Å²) < 4.78 is 0. The van der Waals surface area contributed by atoms with Crippen LogP contribution in [-0.2, 0) is 4.79 Å². The van der Waals surface area contributed by atoms with E-state index in [0.29, 0.717) is 12.3 Å². The van der Waals surface area contributed by atoms with Gasteiger partial charge in [0.15, 0.2) is 0 Å². The van der Waals surface area contributed by atoms with Crippen molar-refractivity contribution >= 4 is 29.0 Å². The highest BCUT2D eigenvalue weighted by Crippen LogP contribution is 2.23. The van der Waals surface area contributed by atoms with E-state index in [9.17, 15) is 4.79 Å². The zero-order valence-corrected chi connectivity index (χ0v) is 14.8. The predicted octanol–water partition coefficient (Wildman–Crippen LogP) is 3.57. The first-order chi connectivity index (χ1) is 10.6. The van der Waals surface area contributed by atoms with E-state index in [1.165, 1.54) is 15.3 Å². The highest BCUT2D eigenvalue weighted by molar-refractivity contribution is 8.00. The predicted molar refractivity (Wildman–Crippen MR) is 95.7 cm³/mol. The lowest BCUT2D eigenvalue weighted by Crippen LogP contribution is -2.35. The summed E-state index contributed by atoms with van der Waals surface area (Å²) in [5, 5.41) is 5.12. The maximum atomic E-state index is 12.1. The molecule has 0 aliphatic rings. The van der Waals surface area contributed by atoms with Crippen LogP contribution in [0.15, 0.2) is 46.7 Å². The number of carbonyl (C=O) groups is 1. The Kier molecular flexibility index (Phi) is 6.49. The number of likely N-dealkylation sites (N-methyl/N-ethyl adjacent to an activating group) is 1. The summed E-state index contributed by atoms with van der Waals surface area (Å²) in [6.07, 6.45) is 0. The molecule has 0 fully saturated rings. The zero-order valence-electron chi connectivity index (χ0n) is 13.2. The van der Waals surface area contributed by atoms with Crippen molar-refractivity contribution in [2.24, 2.45) is 0 Å². The molecule has 118 valence electrons. The van der Waals surface area contributed by atoms with Crippen LogP contribution in [0.25, 0.3) is 0 Å². The Morgan fingerprint density at radius 2 is 2.05 bits per heavy atom. The van der Waals surface area contributed by atoms with Gasteiger partial charge in [-0.1, -0.05) is 24.3 Å². The summed E-state index contributed by atoms with van der Waals surface area (Å²) in [6.45, 7) is 2.71. The largest absolute Gasteiger partial charge is 0.353 e. The van der Waals surface area contributed by atoms with E-state index < -0.39 is 0 Å². The number of carbonyl (C=O) groups excluding carboxylic acids is 1. The number of benzene rings is 1. The van der Waals surface area contributed by atoms with Gasteiger partial charge in [-0.3, -0.25) is 4.79 Å². The van der Waals surface area contributed by atoms with Crippen LogP contribution in [0.2, 0.25) is 0 Å². The van der Waals surface area contributed by atoms with Gasteiger partial charge in [0.2, 0.25) is 5.91 Å². The van der Waals surface area contributed by atoms with E-state index in [-0.39, 0.29) is 11.9 Å². The molecule has 0 aliphatic carbocycles. The number of amides is 1. The average Bonchev–Trinajstić information content (AvgIpc) is 3.00. The topological polar surface area (TPSA) is 32.3 Å². The van der Waals surface area contributed by atoms with Crippen LogP contribution >= 0.6 is 23.1 Å². The van der Waals surface area contributed by atoms with Crippen LogP contribution in [0.4, 0.5) is 0 Å². The van der Waals surface area contributed by atoms with Crippen molar-refractivity contribution in [3.05, 3.63) is 52.2 Å². The number of thiophene rings is 1. The number of thioether (sulfide) groups is 1. The van der Waals surface area contributed by atoms with E-state index in [4.69, 9.17) is 0 Å². The quantitative estimate of drug-likeness (QED) is 0.786. The van der Waals surface area contributed by atoms with Gasteiger partial charge in [-0.25, -0.2) is 0 Å². The van der Waals surface area contributed by atoms with Crippen LogP contribution in [0, 0.1) is 6.92 Å². The fourth-order valence-electron chi connectivity index (χ4n) is 2.14. The second kappa shape index (κ2) is 8.36. The smallest absolute Gasteiger partial charge is 0.230 e. The molecule has 0 saturated carbocycles. The second-order valence-electron chi connectivity index (χ2n) is 5.35. The molecule has 5 heteroatoms. The van der Waals surface area contributed by atoms with Crippen molar-refractivity contribution < 1.29 is 4.79 Å². The molecule has 3 nitrogen and oxygen atoms in total. The highest BCUT2D eigenvalue weighted by Gasteiger charge is 2.16. The van der Waals surface area contributed by atoms with Gasteiger partial charge in [0, 0.05) is 16.3 Å². The Morgan fingerprint density at radius 1 is 1.27 bits per heavy atom. The van der Waals surface area contributed by atoms with Gasteiger partial charge in [0.05, 0.1) is 11.8 Å². The lowest BCUT2D eigenvalue weighted by atomic mass is 10.2. The maximum Gasteiger partial charge on any atom is 0.230 e. The molecule has 0 aliphatic heterocycles.